The summed E-state index contributed by atoms with van der Waals surface area (Å²) in [6, 6.07) is 0. The van der Waals surface area contributed by atoms with Crippen LogP contribution in [0.1, 0.15) is 52.4 Å². The van der Waals surface area contributed by atoms with Gasteiger partial charge in [0.15, 0.2) is 0 Å². The van der Waals surface area contributed by atoms with Crippen molar-refractivity contribution in [3.8, 4) is 0 Å². The molecule has 1 saturated heterocycles. The average Bonchev–Trinajstić information content (AvgIpc) is 2.56. The lowest BCUT2D eigenvalue weighted by Gasteiger charge is -2.26. The molecule has 1 heterocycles. The molecule has 0 aromatic carbocycles. The van der Waals surface area contributed by atoms with Crippen molar-refractivity contribution in [2.75, 3.05) is 0 Å². The van der Waals surface area contributed by atoms with Crippen LogP contribution in [-0.2, 0) is 14.3 Å². The minimum absolute atomic E-state index is 0.190. The van der Waals surface area contributed by atoms with Gasteiger partial charge < -0.3 is 4.74 Å². The summed E-state index contributed by atoms with van der Waals surface area (Å²) < 4.78 is 4.76. The van der Waals surface area contributed by atoms with E-state index in [1.54, 1.807) is 0 Å². The minimum Gasteiger partial charge on any atom is -0.393 e. The van der Waals surface area contributed by atoms with Gasteiger partial charge >= 0.3 is 11.9 Å². The third-order valence-corrected chi connectivity index (χ3v) is 3.83. The van der Waals surface area contributed by atoms with Crippen LogP contribution in [0.5, 0.6) is 0 Å². The Morgan fingerprint density at radius 2 is 1.35 bits per heavy atom. The summed E-state index contributed by atoms with van der Waals surface area (Å²) in [6.45, 7) is 4.31. The summed E-state index contributed by atoms with van der Waals surface area (Å²) in [4.78, 5) is 23.1. The summed E-state index contributed by atoms with van der Waals surface area (Å²) in [5.41, 5.74) is 2.81. The van der Waals surface area contributed by atoms with Crippen LogP contribution in [0.25, 0.3) is 0 Å². The summed E-state index contributed by atoms with van der Waals surface area (Å²) in [5.74, 6) is -0.984. The highest BCUT2D eigenvalue weighted by atomic mass is 16.6. The first-order valence-electron chi connectivity index (χ1n) is 6.62. The van der Waals surface area contributed by atoms with E-state index >= 15 is 0 Å². The van der Waals surface area contributed by atoms with Crippen molar-refractivity contribution in [2.24, 2.45) is 11.8 Å². The standard InChI is InChI=1S/C14H20O3/c1-3-5-9-7-11-12(8-10(9)6-4-2)14(16)17-13(11)15/h11-12H,3-8H2,1-2H3. The van der Waals surface area contributed by atoms with Gasteiger partial charge in [0.2, 0.25) is 0 Å². The van der Waals surface area contributed by atoms with Gasteiger partial charge in [0.25, 0.3) is 0 Å². The molecule has 0 aromatic heterocycles. The van der Waals surface area contributed by atoms with Crippen LogP contribution < -0.4 is 0 Å². The van der Waals surface area contributed by atoms with Crippen LogP contribution >= 0.6 is 0 Å². The van der Waals surface area contributed by atoms with Gasteiger partial charge in [0.1, 0.15) is 0 Å². The third kappa shape index (κ3) is 2.28. The van der Waals surface area contributed by atoms with E-state index in [-0.39, 0.29) is 23.8 Å². The molecule has 2 atom stereocenters. The Morgan fingerprint density at radius 1 is 0.941 bits per heavy atom. The molecule has 3 nitrogen and oxygen atoms in total. The van der Waals surface area contributed by atoms with Crippen molar-refractivity contribution < 1.29 is 14.3 Å². The van der Waals surface area contributed by atoms with Crippen molar-refractivity contribution in [3.63, 3.8) is 0 Å². The van der Waals surface area contributed by atoms with Crippen LogP contribution in [-0.4, -0.2) is 11.9 Å². The first-order valence-corrected chi connectivity index (χ1v) is 6.62. The second kappa shape index (κ2) is 5.03. The number of carbonyl (C=O) groups excluding carboxylic acids is 2. The largest absolute Gasteiger partial charge is 0.393 e. The van der Waals surface area contributed by atoms with Crippen LogP contribution in [0.3, 0.4) is 0 Å². The molecule has 0 saturated carbocycles. The maximum absolute atomic E-state index is 11.6. The van der Waals surface area contributed by atoms with E-state index in [1.807, 2.05) is 0 Å². The lowest BCUT2D eigenvalue weighted by atomic mass is 9.75. The van der Waals surface area contributed by atoms with Crippen LogP contribution in [0.4, 0.5) is 0 Å². The number of esters is 2. The molecule has 2 aliphatic rings. The number of fused-ring (bicyclic) bond motifs is 1. The molecule has 1 fully saturated rings. The van der Waals surface area contributed by atoms with E-state index < -0.39 is 0 Å². The van der Waals surface area contributed by atoms with E-state index in [2.05, 4.69) is 13.8 Å². The second-order valence-corrected chi connectivity index (χ2v) is 5.07. The zero-order chi connectivity index (χ0) is 12.4. The molecule has 2 rings (SSSR count). The molecule has 0 spiro atoms. The van der Waals surface area contributed by atoms with Crippen molar-refractivity contribution in [1.29, 1.82) is 0 Å². The molecule has 94 valence electrons. The fraction of sp³-hybridized carbons (Fsp3) is 0.714. The lowest BCUT2D eigenvalue weighted by molar-refractivity contribution is -0.153. The number of ether oxygens (including phenoxy) is 1. The first-order chi connectivity index (χ1) is 8.17. The molecular weight excluding hydrogens is 216 g/mol. The summed E-state index contributed by atoms with van der Waals surface area (Å²) >= 11 is 0. The lowest BCUT2D eigenvalue weighted by Crippen LogP contribution is -2.24. The Morgan fingerprint density at radius 3 is 1.71 bits per heavy atom. The normalized spacial score (nSPS) is 28.4. The van der Waals surface area contributed by atoms with Gasteiger partial charge in [-0.1, -0.05) is 37.8 Å². The Balaban J connectivity index is 2.22. The van der Waals surface area contributed by atoms with Crippen LogP contribution in [0.15, 0.2) is 11.1 Å². The minimum atomic E-state index is -0.302. The monoisotopic (exact) mass is 236 g/mol. The van der Waals surface area contributed by atoms with Crippen molar-refractivity contribution >= 4 is 11.9 Å². The van der Waals surface area contributed by atoms with Gasteiger partial charge in [0.05, 0.1) is 11.8 Å². The molecular formula is C14H20O3. The second-order valence-electron chi connectivity index (χ2n) is 5.07. The number of rotatable bonds is 4. The Bertz CT molecular complexity index is 334. The number of cyclic esters (lactones) is 2. The smallest absolute Gasteiger partial charge is 0.317 e. The van der Waals surface area contributed by atoms with Gasteiger partial charge in [-0.15, -0.1) is 0 Å². The van der Waals surface area contributed by atoms with Crippen LogP contribution in [0, 0.1) is 11.8 Å². The van der Waals surface area contributed by atoms with Gasteiger partial charge in [0, 0.05) is 0 Å². The molecule has 0 N–H and O–H groups in total. The molecule has 2 unspecified atom stereocenters. The topological polar surface area (TPSA) is 43.4 Å². The van der Waals surface area contributed by atoms with E-state index in [0.717, 1.165) is 38.5 Å². The maximum Gasteiger partial charge on any atom is 0.317 e. The van der Waals surface area contributed by atoms with Crippen molar-refractivity contribution in [1.82, 2.24) is 0 Å². The maximum atomic E-state index is 11.6. The molecule has 1 aliphatic carbocycles. The number of hydrogen-bond donors (Lipinski definition) is 0. The summed E-state index contributed by atoms with van der Waals surface area (Å²) in [6.07, 6.45) is 5.81. The molecule has 0 amide bonds. The van der Waals surface area contributed by atoms with E-state index in [9.17, 15) is 9.59 Å². The zero-order valence-corrected chi connectivity index (χ0v) is 10.6. The Labute approximate surface area is 102 Å². The Hall–Kier alpha value is -1.12. The highest BCUT2D eigenvalue weighted by molar-refractivity contribution is 5.97. The molecule has 0 aromatic rings. The Kier molecular flexibility index (Phi) is 3.65. The van der Waals surface area contributed by atoms with Crippen molar-refractivity contribution in [3.05, 3.63) is 11.1 Å². The highest BCUT2D eigenvalue weighted by Gasteiger charge is 2.46. The highest BCUT2D eigenvalue weighted by Crippen LogP contribution is 2.42. The molecule has 0 radical (unpaired) electrons. The van der Waals surface area contributed by atoms with Gasteiger partial charge in [-0.25, -0.2) is 0 Å². The quantitative estimate of drug-likeness (QED) is 0.428. The van der Waals surface area contributed by atoms with E-state index in [1.165, 1.54) is 11.1 Å². The predicted molar refractivity (Wildman–Crippen MR) is 64.2 cm³/mol. The van der Waals surface area contributed by atoms with Gasteiger partial charge in [-0.2, -0.15) is 0 Å². The fourth-order valence-corrected chi connectivity index (χ4v) is 3.01. The molecule has 17 heavy (non-hydrogen) atoms. The molecule has 0 bridgehead atoms. The summed E-state index contributed by atoms with van der Waals surface area (Å²) in [5, 5.41) is 0. The average molecular weight is 236 g/mol. The molecule has 3 heteroatoms. The number of allylic oxidation sites excluding steroid dienone is 2. The number of hydrogen-bond acceptors (Lipinski definition) is 3. The van der Waals surface area contributed by atoms with Crippen LogP contribution in [0.2, 0.25) is 0 Å². The first kappa shape index (κ1) is 12.3. The zero-order valence-electron chi connectivity index (χ0n) is 10.6. The number of carbonyl (C=O) groups is 2. The third-order valence-electron chi connectivity index (χ3n) is 3.83. The molecule has 1 aliphatic heterocycles. The van der Waals surface area contributed by atoms with Crippen molar-refractivity contribution in [2.45, 2.75) is 52.4 Å². The van der Waals surface area contributed by atoms with E-state index in [4.69, 9.17) is 4.74 Å². The predicted octanol–water partition coefficient (Wildman–Crippen LogP) is 2.99. The summed E-state index contributed by atoms with van der Waals surface area (Å²) in [7, 11) is 0. The van der Waals surface area contributed by atoms with Gasteiger partial charge in [-0.05, 0) is 25.7 Å². The van der Waals surface area contributed by atoms with Gasteiger partial charge in [-0.3, -0.25) is 9.59 Å². The van der Waals surface area contributed by atoms with E-state index in [0.29, 0.717) is 0 Å². The fourth-order valence-electron chi connectivity index (χ4n) is 3.01. The SMILES string of the molecule is CCCC1=C(CCC)CC2C(=O)OC(=O)C2C1.